The Bertz CT molecular complexity index is 832. The van der Waals surface area contributed by atoms with Gasteiger partial charge in [-0.25, -0.2) is 0 Å². The molecule has 0 radical (unpaired) electrons. The number of piperidine rings is 1. The van der Waals surface area contributed by atoms with Gasteiger partial charge >= 0.3 is 0 Å². The van der Waals surface area contributed by atoms with Crippen LogP contribution in [-0.4, -0.2) is 42.4 Å². The van der Waals surface area contributed by atoms with Crippen molar-refractivity contribution in [1.82, 2.24) is 4.90 Å². The van der Waals surface area contributed by atoms with Gasteiger partial charge in [-0.2, -0.15) is 0 Å². The Kier molecular flexibility index (Phi) is 2.90. The second-order valence-corrected chi connectivity index (χ2v) is 8.42. The van der Waals surface area contributed by atoms with E-state index in [9.17, 15) is 5.11 Å². The van der Waals surface area contributed by atoms with Gasteiger partial charge in [-0.15, -0.1) is 0 Å². The SMILES string of the molecule is COc1ccc2c3c1OC1=C[C@H](C(C)(C)O)C=C4[C@H](C2)N(C)CC[C@]143. The first-order chi connectivity index (χ1) is 11.9. The first-order valence-corrected chi connectivity index (χ1v) is 9.11. The average molecular weight is 339 g/mol. The fraction of sp³-hybridized carbons (Fsp3) is 0.524. The standard InChI is InChI=1S/C21H25NO3/c1-20(2,23)13-10-14-15-9-12-5-6-16(24-4)19-18(12)21(14,7-8-22(15)3)17(11-13)25-19/h5-6,10-11,13,15,23H,7-9H2,1-4H3/t13-,15+,21-/m1/s1. The number of allylic oxidation sites excluding steroid dienone is 1. The van der Waals surface area contributed by atoms with Crippen molar-refractivity contribution >= 4 is 0 Å². The Morgan fingerprint density at radius 3 is 2.84 bits per heavy atom. The third-order valence-electron chi connectivity index (χ3n) is 6.63. The van der Waals surface area contributed by atoms with Crippen molar-refractivity contribution in [3.63, 3.8) is 0 Å². The molecule has 2 bridgehead atoms. The summed E-state index contributed by atoms with van der Waals surface area (Å²) in [7, 11) is 3.91. The van der Waals surface area contributed by atoms with Crippen molar-refractivity contribution < 1.29 is 14.6 Å². The molecule has 1 spiro atoms. The molecule has 1 saturated heterocycles. The highest BCUT2D eigenvalue weighted by Gasteiger charge is 2.59. The first-order valence-electron chi connectivity index (χ1n) is 9.11. The molecule has 2 heterocycles. The maximum Gasteiger partial charge on any atom is 0.173 e. The van der Waals surface area contributed by atoms with E-state index < -0.39 is 5.60 Å². The molecule has 0 saturated carbocycles. The van der Waals surface area contributed by atoms with E-state index in [4.69, 9.17) is 9.47 Å². The van der Waals surface area contributed by atoms with Crippen LogP contribution in [0.2, 0.25) is 0 Å². The Balaban J connectivity index is 1.81. The van der Waals surface area contributed by atoms with E-state index in [1.54, 1.807) is 7.11 Å². The minimum atomic E-state index is -0.809. The molecule has 1 aromatic carbocycles. The number of hydrogen-bond acceptors (Lipinski definition) is 4. The number of likely N-dealkylation sites (tertiary alicyclic amines) is 1. The largest absolute Gasteiger partial charge is 0.493 e. The summed E-state index contributed by atoms with van der Waals surface area (Å²) < 4.78 is 12.0. The van der Waals surface area contributed by atoms with Gasteiger partial charge < -0.3 is 14.6 Å². The Hall–Kier alpha value is -1.78. The summed E-state index contributed by atoms with van der Waals surface area (Å²) in [6, 6.07) is 4.61. The molecule has 3 atom stereocenters. The number of ether oxygens (including phenoxy) is 2. The molecule has 1 fully saturated rings. The summed E-state index contributed by atoms with van der Waals surface area (Å²) in [5.74, 6) is 2.65. The van der Waals surface area contributed by atoms with E-state index >= 15 is 0 Å². The van der Waals surface area contributed by atoms with Crippen molar-refractivity contribution in [3.8, 4) is 11.5 Å². The second kappa shape index (κ2) is 4.68. The second-order valence-electron chi connectivity index (χ2n) is 8.42. The van der Waals surface area contributed by atoms with Crippen LogP contribution in [0, 0.1) is 5.92 Å². The molecule has 4 aliphatic rings. The Morgan fingerprint density at radius 2 is 2.12 bits per heavy atom. The van der Waals surface area contributed by atoms with Crippen LogP contribution in [0.25, 0.3) is 0 Å². The molecule has 25 heavy (non-hydrogen) atoms. The topological polar surface area (TPSA) is 41.9 Å². The molecule has 0 aromatic heterocycles. The monoisotopic (exact) mass is 339 g/mol. The maximum absolute atomic E-state index is 10.7. The molecule has 5 rings (SSSR count). The molecular formula is C21H25NO3. The van der Waals surface area contributed by atoms with Crippen molar-refractivity contribution in [2.45, 2.75) is 43.7 Å². The van der Waals surface area contributed by atoms with Crippen LogP contribution in [0.3, 0.4) is 0 Å². The Morgan fingerprint density at radius 1 is 1.32 bits per heavy atom. The van der Waals surface area contributed by atoms with E-state index in [0.29, 0.717) is 6.04 Å². The van der Waals surface area contributed by atoms with Crippen LogP contribution < -0.4 is 9.47 Å². The number of benzene rings is 1. The number of methoxy groups -OCH3 is 1. The van der Waals surface area contributed by atoms with Gasteiger partial charge in [0.1, 0.15) is 5.76 Å². The summed E-state index contributed by atoms with van der Waals surface area (Å²) in [4.78, 5) is 2.45. The first kappa shape index (κ1) is 15.5. The quantitative estimate of drug-likeness (QED) is 0.842. The predicted molar refractivity (Wildman–Crippen MR) is 96.0 cm³/mol. The van der Waals surface area contributed by atoms with Gasteiger partial charge in [0.2, 0.25) is 0 Å². The van der Waals surface area contributed by atoms with Crippen LogP contribution in [0.15, 0.2) is 35.6 Å². The molecule has 0 unspecified atom stereocenters. The molecule has 0 amide bonds. The van der Waals surface area contributed by atoms with E-state index in [1.165, 1.54) is 16.7 Å². The fourth-order valence-electron chi connectivity index (χ4n) is 5.24. The van der Waals surface area contributed by atoms with Crippen molar-refractivity contribution in [3.05, 3.63) is 46.7 Å². The summed E-state index contributed by atoms with van der Waals surface area (Å²) >= 11 is 0. The molecule has 1 aromatic rings. The number of hydrogen-bond donors (Lipinski definition) is 1. The zero-order valence-electron chi connectivity index (χ0n) is 15.3. The van der Waals surface area contributed by atoms with Crippen LogP contribution >= 0.6 is 0 Å². The molecule has 1 N–H and O–H groups in total. The highest BCUT2D eigenvalue weighted by atomic mass is 16.5. The van der Waals surface area contributed by atoms with Gasteiger partial charge in [0.05, 0.1) is 18.1 Å². The minimum absolute atomic E-state index is 0.0403. The lowest BCUT2D eigenvalue weighted by Crippen LogP contribution is -2.55. The zero-order valence-corrected chi connectivity index (χ0v) is 15.3. The number of nitrogens with zero attached hydrogens (tertiary/aromatic N) is 1. The predicted octanol–water partition coefficient (Wildman–Crippen LogP) is 2.80. The summed E-state index contributed by atoms with van der Waals surface area (Å²) in [5, 5.41) is 10.7. The number of rotatable bonds is 2. The maximum atomic E-state index is 10.7. The van der Waals surface area contributed by atoms with Crippen LogP contribution in [0.1, 0.15) is 31.4 Å². The third-order valence-corrected chi connectivity index (χ3v) is 6.63. The normalized spacial score (nSPS) is 32.5. The molecular weight excluding hydrogens is 314 g/mol. The molecule has 4 heteroatoms. The molecule has 2 aliphatic heterocycles. The fourth-order valence-corrected chi connectivity index (χ4v) is 5.24. The smallest absolute Gasteiger partial charge is 0.173 e. The van der Waals surface area contributed by atoms with E-state index in [2.05, 4.69) is 30.2 Å². The average Bonchev–Trinajstić information content (AvgIpc) is 2.90. The third kappa shape index (κ3) is 1.79. The van der Waals surface area contributed by atoms with Gasteiger partial charge in [0.15, 0.2) is 11.5 Å². The molecule has 2 aliphatic carbocycles. The highest BCUT2D eigenvalue weighted by molar-refractivity contribution is 5.70. The van der Waals surface area contributed by atoms with Gasteiger partial charge in [0, 0.05) is 24.1 Å². The molecule has 4 nitrogen and oxygen atoms in total. The highest BCUT2D eigenvalue weighted by Crippen LogP contribution is 2.63. The summed E-state index contributed by atoms with van der Waals surface area (Å²) in [5.41, 5.74) is 3.12. The lowest BCUT2D eigenvalue weighted by molar-refractivity contribution is 0.0490. The van der Waals surface area contributed by atoms with Crippen LogP contribution in [0.4, 0.5) is 0 Å². The van der Waals surface area contributed by atoms with E-state index in [-0.39, 0.29) is 11.3 Å². The van der Waals surface area contributed by atoms with Gasteiger partial charge in [-0.05, 0) is 57.0 Å². The Labute approximate surface area is 148 Å². The van der Waals surface area contributed by atoms with Gasteiger partial charge in [0.25, 0.3) is 0 Å². The lowest BCUT2D eigenvalue weighted by Gasteiger charge is -2.52. The van der Waals surface area contributed by atoms with Crippen molar-refractivity contribution in [1.29, 1.82) is 0 Å². The number of aliphatic hydroxyl groups is 1. The number of likely N-dealkylation sites (N-methyl/N-ethyl adjacent to an activating group) is 1. The van der Waals surface area contributed by atoms with Gasteiger partial charge in [-0.1, -0.05) is 12.1 Å². The minimum Gasteiger partial charge on any atom is -0.493 e. The summed E-state index contributed by atoms with van der Waals surface area (Å²) in [6.45, 7) is 4.80. The van der Waals surface area contributed by atoms with Gasteiger partial charge in [-0.3, -0.25) is 4.90 Å². The van der Waals surface area contributed by atoms with Crippen molar-refractivity contribution in [2.24, 2.45) is 5.92 Å². The van der Waals surface area contributed by atoms with E-state index in [0.717, 1.165) is 36.6 Å². The summed E-state index contributed by atoms with van der Waals surface area (Å²) in [6.07, 6.45) is 6.46. The van der Waals surface area contributed by atoms with Crippen molar-refractivity contribution in [2.75, 3.05) is 20.7 Å². The lowest BCUT2D eigenvalue weighted by atomic mass is 9.57. The van der Waals surface area contributed by atoms with E-state index in [1.807, 2.05) is 19.9 Å². The van der Waals surface area contributed by atoms with Crippen LogP contribution in [0.5, 0.6) is 11.5 Å². The molecule has 132 valence electrons. The zero-order chi connectivity index (χ0) is 17.6. The van der Waals surface area contributed by atoms with Crippen LogP contribution in [-0.2, 0) is 11.8 Å².